The van der Waals surface area contributed by atoms with Gasteiger partial charge >= 0.3 is 17.9 Å². The third-order valence-corrected chi connectivity index (χ3v) is 5.04. The Morgan fingerprint density at radius 1 is 1.19 bits per heavy atom. The van der Waals surface area contributed by atoms with Gasteiger partial charge in [-0.25, -0.2) is 9.59 Å². The van der Waals surface area contributed by atoms with Crippen LogP contribution in [0.1, 0.15) is 12.1 Å². The maximum absolute atomic E-state index is 12.7. The number of aromatic amines is 1. The molecular formula is C20H26F3N5O3. The van der Waals surface area contributed by atoms with Gasteiger partial charge in [-0.3, -0.25) is 9.47 Å². The molecule has 0 saturated carbocycles. The Kier molecular flexibility index (Phi) is 7.39. The van der Waals surface area contributed by atoms with Gasteiger partial charge in [0.1, 0.15) is 6.61 Å². The number of halogens is 3. The number of ether oxygens (including phenoxy) is 1. The quantitative estimate of drug-likeness (QED) is 0.647. The summed E-state index contributed by atoms with van der Waals surface area (Å²) in [4.78, 5) is 31.2. The van der Waals surface area contributed by atoms with Crippen LogP contribution in [0.25, 0.3) is 5.69 Å². The minimum absolute atomic E-state index is 0.0505. The number of benzene rings is 1. The van der Waals surface area contributed by atoms with Gasteiger partial charge < -0.3 is 19.9 Å². The molecule has 0 atom stereocenters. The maximum atomic E-state index is 12.7. The van der Waals surface area contributed by atoms with E-state index in [-0.39, 0.29) is 18.3 Å². The van der Waals surface area contributed by atoms with Crippen LogP contribution in [0.3, 0.4) is 0 Å². The van der Waals surface area contributed by atoms with Crippen molar-refractivity contribution in [3.05, 3.63) is 46.6 Å². The van der Waals surface area contributed by atoms with Crippen molar-refractivity contribution in [3.63, 3.8) is 0 Å². The summed E-state index contributed by atoms with van der Waals surface area (Å²) in [7, 11) is 0. The van der Waals surface area contributed by atoms with Gasteiger partial charge in [-0.15, -0.1) is 0 Å². The van der Waals surface area contributed by atoms with E-state index in [9.17, 15) is 22.8 Å². The van der Waals surface area contributed by atoms with E-state index >= 15 is 0 Å². The average Bonchev–Trinajstić information content (AvgIpc) is 3.06. The molecule has 1 saturated heterocycles. The number of alkyl halides is 3. The van der Waals surface area contributed by atoms with E-state index < -0.39 is 12.8 Å². The summed E-state index contributed by atoms with van der Waals surface area (Å²) in [6.45, 7) is 3.50. The summed E-state index contributed by atoms with van der Waals surface area (Å²) in [5.74, 6) is 0. The lowest BCUT2D eigenvalue weighted by Crippen LogP contribution is -2.50. The number of rotatable bonds is 7. The molecule has 2 N–H and O–H groups in total. The van der Waals surface area contributed by atoms with E-state index in [0.29, 0.717) is 50.5 Å². The van der Waals surface area contributed by atoms with Crippen LogP contribution in [0.2, 0.25) is 0 Å². The number of hydrogen-bond acceptors (Lipinski definition) is 4. The molecule has 1 aromatic heterocycles. The monoisotopic (exact) mass is 441 g/mol. The number of carbonyl (C=O) groups is 1. The lowest BCUT2D eigenvalue weighted by molar-refractivity contribution is -0.174. The number of carbonyl (C=O) groups excluding carboxylic acids is 1. The largest absolute Gasteiger partial charge is 0.411 e. The Labute approximate surface area is 177 Å². The van der Waals surface area contributed by atoms with Crippen molar-refractivity contribution in [3.8, 4) is 5.69 Å². The first-order valence-electron chi connectivity index (χ1n) is 10.0. The van der Waals surface area contributed by atoms with Crippen molar-refractivity contribution < 1.29 is 22.7 Å². The summed E-state index contributed by atoms with van der Waals surface area (Å²) in [5.41, 5.74) is 1.55. The first-order valence-corrected chi connectivity index (χ1v) is 10.0. The highest BCUT2D eigenvalue weighted by molar-refractivity contribution is 5.91. The molecule has 11 heteroatoms. The van der Waals surface area contributed by atoms with Gasteiger partial charge in [0, 0.05) is 51.2 Å². The van der Waals surface area contributed by atoms with Crippen LogP contribution in [0.4, 0.5) is 23.7 Å². The molecule has 8 nitrogen and oxygen atoms in total. The number of nitrogens with one attached hydrogen (secondary N) is 2. The van der Waals surface area contributed by atoms with Crippen molar-refractivity contribution in [1.29, 1.82) is 0 Å². The van der Waals surface area contributed by atoms with E-state index in [1.54, 1.807) is 42.3 Å². The molecule has 170 valence electrons. The van der Waals surface area contributed by atoms with Gasteiger partial charge in [0.25, 0.3) is 0 Å². The fourth-order valence-corrected chi connectivity index (χ4v) is 3.48. The van der Waals surface area contributed by atoms with Crippen LogP contribution in [-0.2, 0) is 4.74 Å². The number of hydrogen-bond donors (Lipinski definition) is 2. The van der Waals surface area contributed by atoms with Gasteiger partial charge in [0.15, 0.2) is 0 Å². The lowest BCUT2D eigenvalue weighted by atomic mass is 10.2. The Morgan fingerprint density at radius 3 is 2.55 bits per heavy atom. The zero-order chi connectivity index (χ0) is 22.4. The van der Waals surface area contributed by atoms with Gasteiger partial charge in [-0.05, 0) is 25.5 Å². The lowest BCUT2D eigenvalue weighted by Gasteiger charge is -2.34. The molecule has 1 aromatic carbocycles. The Morgan fingerprint density at radius 2 is 1.90 bits per heavy atom. The molecule has 1 aliphatic heterocycles. The highest BCUT2D eigenvalue weighted by Crippen LogP contribution is 2.20. The summed E-state index contributed by atoms with van der Waals surface area (Å²) in [5, 5.41) is 2.88. The molecule has 0 spiro atoms. The maximum Gasteiger partial charge on any atom is 0.411 e. The number of para-hydroxylation sites is 2. The van der Waals surface area contributed by atoms with Crippen LogP contribution in [0, 0.1) is 6.92 Å². The Bertz CT molecular complexity index is 933. The first-order chi connectivity index (χ1) is 14.7. The SMILES string of the molecule is Cc1c[nH]c(=O)n1-c1ccccc1NC(=O)N1CCN(CCCOCC(F)(F)F)CC1. The number of aromatic nitrogens is 2. The van der Waals surface area contributed by atoms with Crippen LogP contribution in [0.15, 0.2) is 35.3 Å². The number of anilines is 1. The zero-order valence-corrected chi connectivity index (χ0v) is 17.2. The van der Waals surface area contributed by atoms with Gasteiger partial charge in [0.2, 0.25) is 0 Å². The van der Waals surface area contributed by atoms with E-state index in [0.717, 1.165) is 5.69 Å². The predicted molar refractivity (Wildman–Crippen MR) is 110 cm³/mol. The molecule has 2 amide bonds. The Balaban J connectivity index is 1.49. The van der Waals surface area contributed by atoms with Crippen molar-refractivity contribution >= 4 is 11.7 Å². The van der Waals surface area contributed by atoms with E-state index in [4.69, 9.17) is 0 Å². The topological polar surface area (TPSA) is 82.6 Å². The molecule has 31 heavy (non-hydrogen) atoms. The number of piperazine rings is 1. The van der Waals surface area contributed by atoms with Crippen molar-refractivity contribution in [1.82, 2.24) is 19.4 Å². The number of nitrogens with zero attached hydrogens (tertiary/aromatic N) is 3. The second kappa shape index (κ2) is 10.0. The highest BCUT2D eigenvalue weighted by Gasteiger charge is 2.27. The van der Waals surface area contributed by atoms with Crippen molar-refractivity contribution in [2.24, 2.45) is 0 Å². The summed E-state index contributed by atoms with van der Waals surface area (Å²) in [6.07, 6.45) is -2.19. The fraction of sp³-hybridized carbons (Fsp3) is 0.500. The Hall–Kier alpha value is -2.79. The third-order valence-electron chi connectivity index (χ3n) is 5.04. The second-order valence-electron chi connectivity index (χ2n) is 7.37. The van der Waals surface area contributed by atoms with Gasteiger partial charge in [-0.1, -0.05) is 12.1 Å². The number of amides is 2. The zero-order valence-electron chi connectivity index (χ0n) is 17.2. The summed E-state index contributed by atoms with van der Waals surface area (Å²) < 4.78 is 42.3. The number of urea groups is 1. The minimum atomic E-state index is -4.30. The molecule has 1 aliphatic rings. The molecule has 0 unspecified atom stereocenters. The molecule has 2 heterocycles. The van der Waals surface area contributed by atoms with Crippen LogP contribution in [-0.4, -0.2) is 77.5 Å². The molecular weight excluding hydrogens is 415 g/mol. The van der Waals surface area contributed by atoms with Crippen molar-refractivity contribution in [2.45, 2.75) is 19.5 Å². The minimum Gasteiger partial charge on any atom is -0.372 e. The molecule has 1 fully saturated rings. The molecule has 0 radical (unpaired) electrons. The number of aryl methyl sites for hydroxylation is 1. The van der Waals surface area contributed by atoms with Gasteiger partial charge in [-0.2, -0.15) is 13.2 Å². The first kappa shape index (κ1) is 22.9. The van der Waals surface area contributed by atoms with E-state index in [1.807, 2.05) is 0 Å². The fourth-order valence-electron chi connectivity index (χ4n) is 3.48. The standard InChI is InChI=1S/C20H26F3N5O3/c1-15-13-24-18(29)28(15)17-6-3-2-5-16(17)25-19(30)27-10-8-26(9-11-27)7-4-12-31-14-20(21,22)23/h2-3,5-6,13H,4,7-12,14H2,1H3,(H,24,29)(H,25,30). The van der Waals surface area contributed by atoms with E-state index in [1.165, 1.54) is 4.57 Å². The third kappa shape index (κ3) is 6.34. The number of H-pyrrole nitrogens is 1. The molecule has 3 rings (SSSR count). The normalized spacial score (nSPS) is 15.3. The van der Waals surface area contributed by atoms with Crippen molar-refractivity contribution in [2.75, 3.05) is 51.3 Å². The molecule has 2 aromatic rings. The second-order valence-corrected chi connectivity index (χ2v) is 7.37. The van der Waals surface area contributed by atoms with Gasteiger partial charge in [0.05, 0.1) is 11.4 Å². The molecule has 0 aliphatic carbocycles. The number of imidazole rings is 1. The molecule has 0 bridgehead atoms. The van der Waals surface area contributed by atoms with Crippen LogP contribution >= 0.6 is 0 Å². The summed E-state index contributed by atoms with van der Waals surface area (Å²) >= 11 is 0. The van der Waals surface area contributed by atoms with E-state index in [2.05, 4.69) is 19.9 Å². The average molecular weight is 441 g/mol. The summed E-state index contributed by atoms with van der Waals surface area (Å²) in [6, 6.07) is 6.81. The highest BCUT2D eigenvalue weighted by atomic mass is 19.4. The smallest absolute Gasteiger partial charge is 0.372 e. The predicted octanol–water partition coefficient (Wildman–Crippen LogP) is 2.59. The van der Waals surface area contributed by atoms with Crippen LogP contribution in [0.5, 0.6) is 0 Å². The van der Waals surface area contributed by atoms with Crippen LogP contribution < -0.4 is 11.0 Å².